The minimum Gasteiger partial charge on any atom is -0.478 e. The van der Waals surface area contributed by atoms with Crippen LogP contribution in [0.25, 0.3) is 32.0 Å². The van der Waals surface area contributed by atoms with Crippen molar-refractivity contribution in [3.05, 3.63) is 137 Å². The second-order valence-corrected chi connectivity index (χ2v) is 11.6. The summed E-state index contributed by atoms with van der Waals surface area (Å²) < 4.78 is 20.0. The van der Waals surface area contributed by atoms with Gasteiger partial charge in [-0.25, -0.2) is 9.18 Å². The van der Waals surface area contributed by atoms with Gasteiger partial charge in [0.05, 0.1) is 21.5 Å². The number of halogens is 1. The van der Waals surface area contributed by atoms with Gasteiger partial charge in [-0.2, -0.15) is 4.37 Å². The maximum absolute atomic E-state index is 14.2. The zero-order valence-electron chi connectivity index (χ0n) is 22.4. The minimum absolute atomic E-state index is 0.187. The molecule has 42 heavy (non-hydrogen) atoms. The van der Waals surface area contributed by atoms with Crippen LogP contribution in [0.2, 0.25) is 0 Å². The third kappa shape index (κ3) is 4.62. The third-order valence-corrected chi connectivity index (χ3v) is 8.93. The smallest absolute Gasteiger partial charge is 0.335 e. The van der Waals surface area contributed by atoms with Gasteiger partial charge in [0.15, 0.2) is 0 Å². The van der Waals surface area contributed by atoms with E-state index in [0.717, 1.165) is 39.7 Å². The van der Waals surface area contributed by atoms with Crippen molar-refractivity contribution in [3.8, 4) is 11.1 Å². The fourth-order valence-electron chi connectivity index (χ4n) is 5.73. The van der Waals surface area contributed by atoms with Crippen molar-refractivity contribution >= 4 is 44.3 Å². The van der Waals surface area contributed by atoms with Gasteiger partial charge in [0.25, 0.3) is 5.91 Å². The van der Waals surface area contributed by atoms with Crippen LogP contribution in [-0.4, -0.2) is 21.4 Å². The summed E-state index contributed by atoms with van der Waals surface area (Å²) in [6.45, 7) is 0.229. The fourth-order valence-corrected chi connectivity index (χ4v) is 6.66. The van der Waals surface area contributed by atoms with Gasteiger partial charge in [-0.1, -0.05) is 66.7 Å². The van der Waals surface area contributed by atoms with Crippen LogP contribution < -0.4 is 5.32 Å². The SMILES string of the molecule is O=C(O)c1ccc(CNC(=O)c2cc(-c3cccc(F)c3)cc3snc(C4(c5ccc6ccccc6c5)CC4)c23)cc1. The lowest BCUT2D eigenvalue weighted by molar-refractivity contribution is 0.0696. The summed E-state index contributed by atoms with van der Waals surface area (Å²) in [5.41, 5.74) is 4.70. The van der Waals surface area contributed by atoms with Gasteiger partial charge in [-0.15, -0.1) is 0 Å². The lowest BCUT2D eigenvalue weighted by Gasteiger charge is -2.17. The predicted molar refractivity (Wildman–Crippen MR) is 164 cm³/mol. The lowest BCUT2D eigenvalue weighted by Crippen LogP contribution is -2.23. The van der Waals surface area contributed by atoms with Gasteiger partial charge in [-0.3, -0.25) is 4.79 Å². The first-order chi connectivity index (χ1) is 20.4. The molecule has 206 valence electrons. The number of rotatable bonds is 7. The first kappa shape index (κ1) is 26.0. The first-order valence-electron chi connectivity index (χ1n) is 13.7. The highest BCUT2D eigenvalue weighted by Crippen LogP contribution is 2.56. The Morgan fingerprint density at radius 3 is 2.38 bits per heavy atom. The summed E-state index contributed by atoms with van der Waals surface area (Å²) in [6, 6.07) is 31.4. The Balaban J connectivity index is 1.32. The number of aromatic carboxylic acids is 1. The van der Waals surface area contributed by atoms with Crippen molar-refractivity contribution in [1.82, 2.24) is 9.69 Å². The number of carbonyl (C=O) groups excluding carboxylic acids is 1. The van der Waals surface area contributed by atoms with Gasteiger partial charge < -0.3 is 10.4 Å². The number of hydrogen-bond donors (Lipinski definition) is 2. The van der Waals surface area contributed by atoms with Crippen molar-refractivity contribution in [2.45, 2.75) is 24.8 Å². The molecule has 1 aliphatic rings. The average Bonchev–Trinajstić information content (AvgIpc) is 3.71. The van der Waals surface area contributed by atoms with Crippen LogP contribution in [0.5, 0.6) is 0 Å². The molecule has 0 spiro atoms. The molecule has 0 aliphatic heterocycles. The van der Waals surface area contributed by atoms with Gasteiger partial charge in [0.1, 0.15) is 5.82 Å². The molecule has 5 aromatic carbocycles. The zero-order chi connectivity index (χ0) is 28.8. The number of fused-ring (bicyclic) bond motifs is 2. The summed E-state index contributed by atoms with van der Waals surface area (Å²) in [6.07, 6.45) is 1.87. The standard InChI is InChI=1S/C35H25FN2O3S/c36-28-7-3-6-25(17-28)26-18-29(33(39)37-20-21-8-10-23(11-9-21)34(40)41)31-30(19-26)42-38-32(31)35(14-15-35)27-13-12-22-4-1-2-5-24(22)16-27/h1-13,16-19H,14-15,20H2,(H,37,39)(H,40,41). The number of amides is 1. The largest absolute Gasteiger partial charge is 0.478 e. The maximum atomic E-state index is 14.2. The summed E-state index contributed by atoms with van der Waals surface area (Å²) in [5.74, 6) is -1.61. The molecule has 0 saturated heterocycles. The van der Waals surface area contributed by atoms with E-state index in [2.05, 4.69) is 35.6 Å². The monoisotopic (exact) mass is 572 g/mol. The van der Waals surface area contributed by atoms with E-state index in [1.807, 2.05) is 30.3 Å². The van der Waals surface area contributed by atoms with Crippen LogP contribution in [-0.2, 0) is 12.0 Å². The Bertz CT molecular complexity index is 2010. The Morgan fingerprint density at radius 2 is 1.64 bits per heavy atom. The molecule has 0 unspecified atom stereocenters. The van der Waals surface area contributed by atoms with Crippen molar-refractivity contribution in [3.63, 3.8) is 0 Å². The maximum Gasteiger partial charge on any atom is 0.335 e. The van der Waals surface area contributed by atoms with E-state index in [0.29, 0.717) is 11.1 Å². The van der Waals surface area contributed by atoms with Crippen LogP contribution >= 0.6 is 11.5 Å². The summed E-state index contributed by atoms with van der Waals surface area (Å²) in [5, 5.41) is 15.4. The number of hydrogen-bond acceptors (Lipinski definition) is 4. The Labute approximate surface area is 245 Å². The molecular weight excluding hydrogens is 547 g/mol. The quantitative estimate of drug-likeness (QED) is 0.203. The summed E-state index contributed by atoms with van der Waals surface area (Å²) in [7, 11) is 0. The Morgan fingerprint density at radius 1 is 0.857 bits per heavy atom. The number of nitrogens with zero attached hydrogens (tertiary/aromatic N) is 1. The second-order valence-electron chi connectivity index (χ2n) is 10.8. The van der Waals surface area contributed by atoms with E-state index < -0.39 is 5.97 Å². The van der Waals surface area contributed by atoms with Crippen LogP contribution in [0, 0.1) is 5.82 Å². The van der Waals surface area contributed by atoms with E-state index in [1.165, 1.54) is 52.1 Å². The molecule has 6 aromatic rings. The highest BCUT2D eigenvalue weighted by Gasteiger charge is 2.49. The topological polar surface area (TPSA) is 79.3 Å². The number of carboxylic acid groups (broad SMARTS) is 1. The van der Waals surface area contributed by atoms with E-state index in [1.54, 1.807) is 18.2 Å². The van der Waals surface area contributed by atoms with E-state index in [4.69, 9.17) is 4.37 Å². The minimum atomic E-state index is -1.000. The number of benzene rings is 5. The predicted octanol–water partition coefficient (Wildman–Crippen LogP) is 7.96. The molecule has 0 bridgehead atoms. The molecule has 1 heterocycles. The molecule has 2 N–H and O–H groups in total. The molecule has 1 aliphatic carbocycles. The van der Waals surface area contributed by atoms with Crippen LogP contribution in [0.15, 0.2) is 103 Å². The molecule has 7 heteroatoms. The van der Waals surface area contributed by atoms with Crippen LogP contribution in [0.4, 0.5) is 4.39 Å². The van der Waals surface area contributed by atoms with Crippen LogP contribution in [0.1, 0.15) is 50.4 Å². The number of aromatic nitrogens is 1. The van der Waals surface area contributed by atoms with Crippen LogP contribution in [0.3, 0.4) is 0 Å². The molecule has 0 atom stereocenters. The Hall–Kier alpha value is -4.88. The molecule has 1 fully saturated rings. The highest BCUT2D eigenvalue weighted by molar-refractivity contribution is 7.13. The van der Waals surface area contributed by atoms with E-state index in [-0.39, 0.29) is 29.2 Å². The van der Waals surface area contributed by atoms with E-state index in [9.17, 15) is 19.1 Å². The zero-order valence-corrected chi connectivity index (χ0v) is 23.2. The molecule has 7 rings (SSSR count). The molecule has 1 aromatic heterocycles. The highest BCUT2D eigenvalue weighted by atomic mass is 32.1. The molecular formula is C35H25FN2O3S. The first-order valence-corrected chi connectivity index (χ1v) is 14.5. The number of carbonyl (C=O) groups is 2. The summed E-state index contributed by atoms with van der Waals surface area (Å²) >= 11 is 1.36. The third-order valence-electron chi connectivity index (χ3n) is 8.14. The van der Waals surface area contributed by atoms with Gasteiger partial charge in [0, 0.05) is 17.3 Å². The van der Waals surface area contributed by atoms with Gasteiger partial charge >= 0.3 is 5.97 Å². The molecule has 1 amide bonds. The van der Waals surface area contributed by atoms with Crippen molar-refractivity contribution < 1.29 is 19.1 Å². The Kier molecular flexibility index (Phi) is 6.32. The second kappa shape index (κ2) is 10.2. The summed E-state index contributed by atoms with van der Waals surface area (Å²) in [4.78, 5) is 25.1. The number of carboxylic acids is 1. The van der Waals surface area contributed by atoms with Gasteiger partial charge in [-0.05, 0) is 93.8 Å². The fraction of sp³-hybridized carbons (Fsp3) is 0.114. The van der Waals surface area contributed by atoms with Crippen molar-refractivity contribution in [2.24, 2.45) is 0 Å². The van der Waals surface area contributed by atoms with Crippen molar-refractivity contribution in [1.29, 1.82) is 0 Å². The van der Waals surface area contributed by atoms with E-state index >= 15 is 0 Å². The van der Waals surface area contributed by atoms with Crippen molar-refractivity contribution in [2.75, 3.05) is 0 Å². The molecule has 5 nitrogen and oxygen atoms in total. The molecule has 1 saturated carbocycles. The average molecular weight is 573 g/mol. The number of nitrogens with one attached hydrogen (secondary N) is 1. The molecule has 0 radical (unpaired) electrons. The van der Waals surface area contributed by atoms with Gasteiger partial charge in [0.2, 0.25) is 0 Å². The normalized spacial score (nSPS) is 13.7. The lowest BCUT2D eigenvalue weighted by atomic mass is 9.87.